The van der Waals surface area contributed by atoms with E-state index >= 15 is 0 Å². The Morgan fingerprint density at radius 2 is 2.04 bits per heavy atom. The monoisotopic (exact) mass is 367 g/mol. The van der Waals surface area contributed by atoms with Crippen LogP contribution in [0.4, 0.5) is 9.80 Å². The van der Waals surface area contributed by atoms with Gasteiger partial charge in [-0.15, -0.1) is 11.3 Å². The second-order valence-electron chi connectivity index (χ2n) is 7.22. The lowest BCUT2D eigenvalue weighted by Gasteiger charge is -2.33. The van der Waals surface area contributed by atoms with E-state index in [2.05, 4.69) is 5.32 Å². The van der Waals surface area contributed by atoms with Crippen LogP contribution in [-0.2, 0) is 9.53 Å². The fourth-order valence-corrected chi connectivity index (χ4v) is 3.61. The molecule has 0 bridgehead atoms. The van der Waals surface area contributed by atoms with Crippen molar-refractivity contribution in [2.45, 2.75) is 46.1 Å². The lowest BCUT2D eigenvalue weighted by atomic mass is 9.97. The first-order chi connectivity index (χ1) is 11.6. The number of rotatable bonds is 3. The van der Waals surface area contributed by atoms with E-state index in [-0.39, 0.29) is 11.8 Å². The number of nitrogens with two attached hydrogens (primary N) is 1. The first-order valence-corrected chi connectivity index (χ1v) is 9.07. The van der Waals surface area contributed by atoms with E-state index in [1.165, 1.54) is 11.3 Å². The molecule has 3 N–H and O–H groups in total. The highest BCUT2D eigenvalue weighted by molar-refractivity contribution is 7.16. The number of amides is 3. The van der Waals surface area contributed by atoms with Crippen molar-refractivity contribution in [3.63, 3.8) is 0 Å². The van der Waals surface area contributed by atoms with Gasteiger partial charge in [0.1, 0.15) is 10.6 Å². The highest BCUT2D eigenvalue weighted by Crippen LogP contribution is 2.29. The molecule has 8 heteroatoms. The summed E-state index contributed by atoms with van der Waals surface area (Å²) in [6, 6.07) is 1.66. The van der Waals surface area contributed by atoms with Crippen LogP contribution in [0.25, 0.3) is 0 Å². The number of carbonyl (C=O) groups is 3. The van der Waals surface area contributed by atoms with Crippen molar-refractivity contribution in [2.75, 3.05) is 18.4 Å². The fraction of sp³-hybridized carbons (Fsp3) is 0.588. The molecule has 3 amide bonds. The Kier molecular flexibility index (Phi) is 5.72. The maximum absolute atomic E-state index is 12.6. The average molecular weight is 367 g/mol. The third-order valence-corrected chi connectivity index (χ3v) is 4.77. The standard InChI is InChI=1S/C17H25N3O4S/c1-10-8-12(13(18)21)15(25-10)19-14(22)11-6-5-7-20(9-11)16(23)24-17(2,3)4/h8,11H,5-7,9H2,1-4H3,(H2,18,21)(H,19,22). The van der Waals surface area contributed by atoms with Gasteiger partial charge in [0.05, 0.1) is 11.5 Å². The van der Waals surface area contributed by atoms with Crippen molar-refractivity contribution in [1.82, 2.24) is 4.90 Å². The van der Waals surface area contributed by atoms with Gasteiger partial charge < -0.3 is 20.7 Å². The molecule has 7 nitrogen and oxygen atoms in total. The van der Waals surface area contributed by atoms with Gasteiger partial charge in [-0.3, -0.25) is 9.59 Å². The van der Waals surface area contributed by atoms with Crippen LogP contribution in [0.5, 0.6) is 0 Å². The van der Waals surface area contributed by atoms with Crippen molar-refractivity contribution in [3.8, 4) is 0 Å². The molecule has 1 aromatic rings. The van der Waals surface area contributed by atoms with Gasteiger partial charge in [0.2, 0.25) is 5.91 Å². The van der Waals surface area contributed by atoms with Crippen LogP contribution >= 0.6 is 11.3 Å². The Morgan fingerprint density at radius 1 is 1.36 bits per heavy atom. The summed E-state index contributed by atoms with van der Waals surface area (Å²) in [6.45, 7) is 8.15. The SMILES string of the molecule is Cc1cc(C(N)=O)c(NC(=O)C2CCCN(C(=O)OC(C)(C)C)C2)s1. The molecule has 2 rings (SSSR count). The average Bonchev–Trinajstić information content (AvgIpc) is 2.86. The predicted octanol–water partition coefficient (Wildman–Crippen LogP) is 2.74. The van der Waals surface area contributed by atoms with Gasteiger partial charge in [-0.25, -0.2) is 4.79 Å². The summed E-state index contributed by atoms with van der Waals surface area (Å²) in [4.78, 5) is 38.7. The molecule has 25 heavy (non-hydrogen) atoms. The van der Waals surface area contributed by atoms with E-state index in [0.29, 0.717) is 30.1 Å². The molecule has 0 radical (unpaired) electrons. The van der Waals surface area contributed by atoms with Gasteiger partial charge in [0, 0.05) is 18.0 Å². The number of nitrogens with zero attached hydrogens (tertiary/aromatic N) is 1. The first-order valence-electron chi connectivity index (χ1n) is 8.26. The lowest BCUT2D eigenvalue weighted by Crippen LogP contribution is -2.45. The second kappa shape index (κ2) is 7.43. The van der Waals surface area contributed by atoms with Gasteiger partial charge >= 0.3 is 6.09 Å². The summed E-state index contributed by atoms with van der Waals surface area (Å²) >= 11 is 1.31. The number of hydrogen-bond acceptors (Lipinski definition) is 5. The van der Waals surface area contributed by atoms with Crippen molar-refractivity contribution >= 4 is 34.2 Å². The fourth-order valence-electron chi connectivity index (χ4n) is 2.69. The molecule has 1 aliphatic rings. The van der Waals surface area contributed by atoms with Crippen LogP contribution in [0.2, 0.25) is 0 Å². The zero-order valence-corrected chi connectivity index (χ0v) is 15.9. The lowest BCUT2D eigenvalue weighted by molar-refractivity contribution is -0.121. The number of primary amides is 1. The number of likely N-dealkylation sites (tertiary alicyclic amines) is 1. The van der Waals surface area contributed by atoms with Gasteiger partial charge in [-0.2, -0.15) is 0 Å². The second-order valence-corrected chi connectivity index (χ2v) is 8.48. The zero-order valence-electron chi connectivity index (χ0n) is 15.0. The number of anilines is 1. The summed E-state index contributed by atoms with van der Waals surface area (Å²) < 4.78 is 5.37. The summed E-state index contributed by atoms with van der Waals surface area (Å²) in [6.07, 6.45) is 1.00. The number of ether oxygens (including phenoxy) is 1. The molecule has 1 aliphatic heterocycles. The minimum absolute atomic E-state index is 0.211. The Labute approximate surface area is 151 Å². The topological polar surface area (TPSA) is 102 Å². The normalized spacial score (nSPS) is 17.9. The summed E-state index contributed by atoms with van der Waals surface area (Å²) in [5.41, 5.74) is 5.09. The van der Waals surface area contributed by atoms with Crippen LogP contribution in [-0.4, -0.2) is 41.5 Å². The summed E-state index contributed by atoms with van der Waals surface area (Å²) in [5, 5.41) is 3.25. The molecule has 0 saturated carbocycles. The predicted molar refractivity (Wildman–Crippen MR) is 96.7 cm³/mol. The van der Waals surface area contributed by atoms with Gasteiger partial charge in [0.15, 0.2) is 0 Å². The number of hydrogen-bond donors (Lipinski definition) is 2. The Balaban J connectivity index is 2.02. The molecule has 2 heterocycles. The zero-order chi connectivity index (χ0) is 18.8. The molecule has 0 aromatic carbocycles. The van der Waals surface area contributed by atoms with Gasteiger partial charge in [-0.1, -0.05) is 0 Å². The molecular formula is C17H25N3O4S. The number of piperidine rings is 1. The van der Waals surface area contributed by atoms with Crippen LogP contribution in [0, 0.1) is 12.8 Å². The van der Waals surface area contributed by atoms with Gasteiger partial charge in [-0.05, 0) is 46.6 Å². The first kappa shape index (κ1) is 19.2. The molecule has 1 fully saturated rings. The van der Waals surface area contributed by atoms with E-state index in [1.807, 2.05) is 27.7 Å². The minimum atomic E-state index is -0.572. The number of nitrogens with one attached hydrogen (secondary N) is 1. The van der Waals surface area contributed by atoms with Crippen LogP contribution < -0.4 is 11.1 Å². The number of carbonyl (C=O) groups excluding carboxylic acids is 3. The number of aryl methyl sites for hydroxylation is 1. The van der Waals surface area contributed by atoms with E-state index in [4.69, 9.17) is 10.5 Å². The largest absolute Gasteiger partial charge is 0.444 e. The molecule has 1 aromatic heterocycles. The smallest absolute Gasteiger partial charge is 0.410 e. The molecule has 138 valence electrons. The molecule has 1 atom stereocenters. The molecule has 0 aliphatic carbocycles. The van der Waals surface area contributed by atoms with Crippen molar-refractivity contribution in [3.05, 3.63) is 16.5 Å². The Bertz CT molecular complexity index is 678. The third kappa shape index (κ3) is 5.19. The molecular weight excluding hydrogens is 342 g/mol. The van der Waals surface area contributed by atoms with E-state index in [1.54, 1.807) is 11.0 Å². The Morgan fingerprint density at radius 3 is 2.64 bits per heavy atom. The van der Waals surface area contributed by atoms with Crippen molar-refractivity contribution < 1.29 is 19.1 Å². The highest BCUT2D eigenvalue weighted by Gasteiger charge is 2.31. The third-order valence-electron chi connectivity index (χ3n) is 3.80. The maximum atomic E-state index is 12.6. The highest BCUT2D eigenvalue weighted by atomic mass is 32.1. The van der Waals surface area contributed by atoms with Crippen LogP contribution in [0.3, 0.4) is 0 Å². The van der Waals surface area contributed by atoms with Crippen LogP contribution in [0.15, 0.2) is 6.07 Å². The van der Waals surface area contributed by atoms with Crippen molar-refractivity contribution in [1.29, 1.82) is 0 Å². The molecule has 0 spiro atoms. The quantitative estimate of drug-likeness (QED) is 0.857. The molecule has 1 saturated heterocycles. The minimum Gasteiger partial charge on any atom is -0.444 e. The van der Waals surface area contributed by atoms with E-state index < -0.39 is 17.6 Å². The Hall–Kier alpha value is -2.09. The van der Waals surface area contributed by atoms with E-state index in [0.717, 1.165) is 11.3 Å². The molecule has 1 unspecified atom stereocenters. The van der Waals surface area contributed by atoms with Crippen LogP contribution in [0.1, 0.15) is 48.8 Å². The number of thiophene rings is 1. The summed E-state index contributed by atoms with van der Waals surface area (Å²) in [7, 11) is 0. The van der Waals surface area contributed by atoms with Gasteiger partial charge in [0.25, 0.3) is 5.91 Å². The maximum Gasteiger partial charge on any atom is 0.410 e. The van der Waals surface area contributed by atoms with Crippen molar-refractivity contribution in [2.24, 2.45) is 11.7 Å². The summed E-state index contributed by atoms with van der Waals surface area (Å²) in [5.74, 6) is -1.12. The van der Waals surface area contributed by atoms with E-state index in [9.17, 15) is 14.4 Å².